The van der Waals surface area contributed by atoms with Crippen LogP contribution in [0.4, 0.5) is 0 Å². The zero-order chi connectivity index (χ0) is 15.6. The number of halogens is 1. The van der Waals surface area contributed by atoms with Crippen LogP contribution in [0, 0.1) is 0 Å². The van der Waals surface area contributed by atoms with E-state index in [1.165, 1.54) is 10.9 Å². The number of fused-ring (bicyclic) bond motifs is 1. The van der Waals surface area contributed by atoms with Crippen molar-refractivity contribution in [1.29, 1.82) is 0 Å². The number of aromatic amines is 1. The van der Waals surface area contributed by atoms with Crippen LogP contribution in [0.25, 0.3) is 11.2 Å². The Morgan fingerprint density at radius 2 is 2.14 bits per heavy atom. The van der Waals surface area contributed by atoms with E-state index in [1.54, 1.807) is 11.6 Å². The molecule has 0 radical (unpaired) electrons. The van der Waals surface area contributed by atoms with Gasteiger partial charge in [-0.3, -0.25) is 14.3 Å². The van der Waals surface area contributed by atoms with Crippen LogP contribution in [-0.4, -0.2) is 38.7 Å². The van der Waals surface area contributed by atoms with Gasteiger partial charge in [0.05, 0.1) is 14.4 Å². The highest BCUT2D eigenvalue weighted by Crippen LogP contribution is 2.12. The number of hydrogen-bond acceptors (Lipinski definition) is 4. The molecule has 0 aliphatic carbocycles. The molecule has 116 valence electrons. The summed E-state index contributed by atoms with van der Waals surface area (Å²) in [7, 11) is 0.345. The minimum atomic E-state index is -1.23. The third kappa shape index (κ3) is 3.53. The van der Waals surface area contributed by atoms with Crippen LogP contribution in [0.3, 0.4) is 0 Å². The zero-order valence-electron chi connectivity index (χ0n) is 12.4. The minimum Gasteiger partial charge on any atom is -0.361 e. The second kappa shape index (κ2) is 6.28. The van der Waals surface area contributed by atoms with Gasteiger partial charge in [-0.05, 0) is 11.0 Å². The van der Waals surface area contributed by atoms with E-state index in [-0.39, 0.29) is 6.73 Å². The fourth-order valence-corrected chi connectivity index (χ4v) is 3.53. The van der Waals surface area contributed by atoms with Gasteiger partial charge in [0.2, 0.25) is 0 Å². The number of nitrogens with zero attached hydrogens (tertiary/aromatic N) is 3. The lowest BCUT2D eigenvalue weighted by atomic mass is 10.5. The van der Waals surface area contributed by atoms with Gasteiger partial charge < -0.3 is 9.30 Å². The van der Waals surface area contributed by atoms with Crippen LogP contribution in [0.1, 0.15) is 0 Å². The summed E-state index contributed by atoms with van der Waals surface area (Å²) < 4.78 is 8.58. The lowest BCUT2D eigenvalue weighted by molar-refractivity contribution is 0.0897. The first kappa shape index (κ1) is 16.2. The number of imidazole rings is 1. The fourth-order valence-electron chi connectivity index (χ4n) is 1.86. The summed E-state index contributed by atoms with van der Waals surface area (Å²) in [5.41, 5.74) is -0.190. The molecule has 0 aliphatic rings. The molecule has 0 amide bonds. The highest BCUT2D eigenvalue weighted by Gasteiger charge is 2.18. The highest BCUT2D eigenvalue weighted by molar-refractivity contribution is 9.09. The van der Waals surface area contributed by atoms with Crippen molar-refractivity contribution < 1.29 is 4.74 Å². The Balaban J connectivity index is 2.12. The number of nitrogens with one attached hydrogen (secondary N) is 1. The Kier molecular flexibility index (Phi) is 4.84. The molecule has 2 aromatic rings. The first-order valence-corrected chi connectivity index (χ1v) is 11.2. The van der Waals surface area contributed by atoms with Gasteiger partial charge in [0.25, 0.3) is 5.56 Å². The second-order valence-electron chi connectivity index (χ2n) is 5.79. The van der Waals surface area contributed by atoms with Gasteiger partial charge >= 0.3 is 5.69 Å². The smallest absolute Gasteiger partial charge is 0.329 e. The maximum atomic E-state index is 11.9. The van der Waals surface area contributed by atoms with E-state index in [4.69, 9.17) is 4.74 Å². The van der Waals surface area contributed by atoms with Crippen LogP contribution in [0.2, 0.25) is 19.1 Å². The van der Waals surface area contributed by atoms with Crippen molar-refractivity contribution in [2.75, 3.05) is 11.6 Å². The summed E-state index contributed by atoms with van der Waals surface area (Å²) in [6.45, 7) is 5.48. The summed E-state index contributed by atoms with van der Waals surface area (Å²) >= 11 is 3.53. The molecule has 0 bridgehead atoms. The highest BCUT2D eigenvalue weighted by atomic mass is 79.9. The van der Waals surface area contributed by atoms with Gasteiger partial charge in [-0.25, -0.2) is 9.78 Å². The number of hydrogen-bond donors (Lipinski definition) is 1. The predicted octanol–water partition coefficient (Wildman–Crippen LogP) is 1.04. The molecule has 2 aromatic heterocycles. The predicted molar refractivity (Wildman–Crippen MR) is 87.6 cm³/mol. The van der Waals surface area contributed by atoms with Gasteiger partial charge in [0.15, 0.2) is 11.2 Å². The number of H-pyrrole nitrogens is 1. The van der Waals surface area contributed by atoms with E-state index in [2.05, 4.69) is 39.0 Å². The molecular weight excluding hydrogens is 356 g/mol. The monoisotopic (exact) mass is 374 g/mol. The molecule has 0 unspecified atom stereocenters. The molecule has 0 saturated heterocycles. The summed E-state index contributed by atoms with van der Waals surface area (Å²) in [6, 6.07) is 1.04. The lowest BCUT2D eigenvalue weighted by Crippen LogP contribution is -2.30. The summed E-state index contributed by atoms with van der Waals surface area (Å²) in [4.78, 5) is 30.8. The van der Waals surface area contributed by atoms with E-state index in [9.17, 15) is 9.59 Å². The van der Waals surface area contributed by atoms with Crippen molar-refractivity contribution >= 4 is 35.2 Å². The SMILES string of the molecule is Cn1c(=O)[nH]c(=O)c2c1ncn2COCC[Si](C)(C)CBr. The van der Waals surface area contributed by atoms with E-state index in [0.29, 0.717) is 17.8 Å². The average molecular weight is 375 g/mol. The zero-order valence-corrected chi connectivity index (χ0v) is 14.9. The second-order valence-corrected chi connectivity index (χ2v) is 12.6. The van der Waals surface area contributed by atoms with Crippen molar-refractivity contribution in [3.8, 4) is 0 Å². The normalized spacial score (nSPS) is 12.2. The first-order chi connectivity index (χ1) is 9.85. The van der Waals surface area contributed by atoms with Crippen molar-refractivity contribution in [3.05, 3.63) is 27.2 Å². The lowest BCUT2D eigenvalue weighted by Gasteiger charge is -2.18. The third-order valence-corrected chi connectivity index (χ3v) is 10.2. The summed E-state index contributed by atoms with van der Waals surface area (Å²) in [6.07, 6.45) is 1.52. The maximum absolute atomic E-state index is 11.9. The molecule has 0 spiro atoms. The summed E-state index contributed by atoms with van der Waals surface area (Å²) in [5.74, 6) is 0. The first-order valence-electron chi connectivity index (χ1n) is 6.63. The molecule has 7 nitrogen and oxygen atoms in total. The van der Waals surface area contributed by atoms with Crippen molar-refractivity contribution in [3.63, 3.8) is 0 Å². The molecule has 2 heterocycles. The molecule has 0 aliphatic heterocycles. The van der Waals surface area contributed by atoms with Crippen molar-refractivity contribution in [2.45, 2.75) is 25.9 Å². The molecule has 21 heavy (non-hydrogen) atoms. The van der Waals surface area contributed by atoms with E-state index >= 15 is 0 Å². The van der Waals surface area contributed by atoms with Gasteiger partial charge in [0.1, 0.15) is 6.73 Å². The Morgan fingerprint density at radius 1 is 1.43 bits per heavy atom. The Morgan fingerprint density at radius 3 is 2.81 bits per heavy atom. The molecule has 9 heteroatoms. The average Bonchev–Trinajstić information content (AvgIpc) is 2.86. The van der Waals surface area contributed by atoms with Crippen LogP contribution in [0.15, 0.2) is 15.9 Å². The van der Waals surface area contributed by atoms with Gasteiger partial charge in [0, 0.05) is 13.7 Å². The topological polar surface area (TPSA) is 81.9 Å². The van der Waals surface area contributed by atoms with Crippen LogP contribution in [0.5, 0.6) is 0 Å². The van der Waals surface area contributed by atoms with E-state index < -0.39 is 19.3 Å². The Bertz CT molecular complexity index is 749. The molecule has 0 fully saturated rings. The molecule has 2 rings (SSSR count). The number of aryl methyl sites for hydroxylation is 1. The number of rotatable bonds is 6. The largest absolute Gasteiger partial charge is 0.361 e. The van der Waals surface area contributed by atoms with Gasteiger partial charge in [-0.15, -0.1) is 0 Å². The maximum Gasteiger partial charge on any atom is 0.329 e. The number of ether oxygens (including phenoxy) is 1. The summed E-state index contributed by atoms with van der Waals surface area (Å²) in [5, 5.41) is 0. The molecule has 0 saturated carbocycles. The van der Waals surface area contributed by atoms with Crippen molar-refractivity contribution in [1.82, 2.24) is 19.1 Å². The van der Waals surface area contributed by atoms with E-state index in [1.807, 2.05) is 0 Å². The Labute approximate surface area is 131 Å². The van der Waals surface area contributed by atoms with E-state index in [0.717, 1.165) is 11.0 Å². The van der Waals surface area contributed by atoms with Crippen molar-refractivity contribution in [2.24, 2.45) is 7.05 Å². The molecular formula is C12H19BrN4O3Si. The molecule has 1 N–H and O–H groups in total. The standard InChI is InChI=1S/C12H19BrN4O3Si/c1-16-10-9(11(18)15-12(16)19)17(7-14-10)8-20-4-5-21(2,3)6-13/h7H,4-6,8H2,1-3H3,(H,15,18,19). The molecule has 0 aromatic carbocycles. The number of aromatic nitrogens is 4. The van der Waals surface area contributed by atoms with Gasteiger partial charge in [-0.2, -0.15) is 0 Å². The van der Waals surface area contributed by atoms with Crippen LogP contribution < -0.4 is 11.2 Å². The number of alkyl halides is 1. The quantitative estimate of drug-likeness (QED) is 0.465. The van der Waals surface area contributed by atoms with Crippen LogP contribution >= 0.6 is 15.9 Å². The van der Waals surface area contributed by atoms with Crippen LogP contribution in [-0.2, 0) is 18.5 Å². The third-order valence-electron chi connectivity index (χ3n) is 3.39. The molecule has 0 atom stereocenters. The van der Waals surface area contributed by atoms with Gasteiger partial charge in [-0.1, -0.05) is 29.0 Å². The fraction of sp³-hybridized carbons (Fsp3) is 0.583. The Hall–Kier alpha value is -1.19. The minimum absolute atomic E-state index is 0.255.